The Balaban J connectivity index is 2.12. The molecule has 5 nitrogen and oxygen atoms in total. The lowest BCUT2D eigenvalue weighted by atomic mass is 9.82. The summed E-state index contributed by atoms with van der Waals surface area (Å²) in [4.78, 5) is 19.0. The van der Waals surface area contributed by atoms with Gasteiger partial charge >= 0.3 is 0 Å². The Morgan fingerprint density at radius 3 is 2.88 bits per heavy atom. The van der Waals surface area contributed by atoms with Crippen LogP contribution in [0.2, 0.25) is 5.28 Å². The lowest BCUT2D eigenvalue weighted by molar-refractivity contribution is -0.105. The van der Waals surface area contributed by atoms with Crippen molar-refractivity contribution >= 4 is 17.5 Å². The third-order valence-corrected chi connectivity index (χ3v) is 3.15. The van der Waals surface area contributed by atoms with Gasteiger partial charge in [-0.25, -0.2) is 9.97 Å². The van der Waals surface area contributed by atoms with E-state index in [1.165, 1.54) is 0 Å². The second-order valence-corrected chi connectivity index (χ2v) is 5.02. The Morgan fingerprint density at radius 1 is 1.65 bits per heavy atom. The number of rotatable bonds is 4. The standard InChI is InChI=1S/C11H14ClN3O2/c1-11(5-17-6-11)3-2-7-4-14-10(12)15-8(7)9(13)16/h4H,2-3,5-6H2,1H3,(H2,13,16). The molecular weight excluding hydrogens is 242 g/mol. The molecule has 0 bridgehead atoms. The van der Waals surface area contributed by atoms with Crippen molar-refractivity contribution in [2.24, 2.45) is 11.1 Å². The summed E-state index contributed by atoms with van der Waals surface area (Å²) in [6, 6.07) is 0. The van der Waals surface area contributed by atoms with E-state index in [4.69, 9.17) is 22.1 Å². The van der Waals surface area contributed by atoms with Crippen LogP contribution in [-0.2, 0) is 11.2 Å². The molecular formula is C11H14ClN3O2. The Labute approximate surface area is 104 Å². The van der Waals surface area contributed by atoms with E-state index in [2.05, 4.69) is 16.9 Å². The van der Waals surface area contributed by atoms with Gasteiger partial charge in [0.15, 0.2) is 0 Å². The monoisotopic (exact) mass is 255 g/mol. The van der Waals surface area contributed by atoms with Crippen molar-refractivity contribution in [2.75, 3.05) is 13.2 Å². The fourth-order valence-corrected chi connectivity index (χ4v) is 1.95. The zero-order valence-electron chi connectivity index (χ0n) is 9.57. The van der Waals surface area contributed by atoms with E-state index >= 15 is 0 Å². The second kappa shape index (κ2) is 4.58. The van der Waals surface area contributed by atoms with E-state index in [0.29, 0.717) is 6.42 Å². The van der Waals surface area contributed by atoms with Crippen LogP contribution in [0.15, 0.2) is 6.20 Å². The average Bonchev–Trinajstić information content (AvgIpc) is 2.24. The molecule has 6 heteroatoms. The first-order valence-corrected chi connectivity index (χ1v) is 5.77. The van der Waals surface area contributed by atoms with Crippen molar-refractivity contribution in [3.8, 4) is 0 Å². The van der Waals surface area contributed by atoms with Crippen LogP contribution in [0, 0.1) is 5.41 Å². The van der Waals surface area contributed by atoms with Crippen molar-refractivity contribution < 1.29 is 9.53 Å². The molecule has 1 aliphatic rings. The lowest BCUT2D eigenvalue weighted by Gasteiger charge is -2.38. The number of aromatic nitrogens is 2. The molecule has 17 heavy (non-hydrogen) atoms. The largest absolute Gasteiger partial charge is 0.380 e. The van der Waals surface area contributed by atoms with Crippen LogP contribution in [-0.4, -0.2) is 29.1 Å². The van der Waals surface area contributed by atoms with E-state index in [1.54, 1.807) is 6.20 Å². The molecule has 0 spiro atoms. The summed E-state index contributed by atoms with van der Waals surface area (Å²) in [7, 11) is 0. The highest BCUT2D eigenvalue weighted by molar-refractivity contribution is 6.28. The Bertz CT molecular complexity index is 446. The molecule has 0 aromatic carbocycles. The maximum absolute atomic E-state index is 11.2. The maximum Gasteiger partial charge on any atom is 0.267 e. The minimum absolute atomic E-state index is 0.0424. The average molecular weight is 256 g/mol. The number of carbonyl (C=O) groups is 1. The van der Waals surface area contributed by atoms with Gasteiger partial charge in [-0.15, -0.1) is 0 Å². The molecule has 0 radical (unpaired) electrons. The molecule has 0 unspecified atom stereocenters. The van der Waals surface area contributed by atoms with Crippen molar-refractivity contribution in [3.05, 3.63) is 22.7 Å². The maximum atomic E-state index is 11.2. The van der Waals surface area contributed by atoms with Crippen LogP contribution in [0.1, 0.15) is 29.4 Å². The van der Waals surface area contributed by atoms with Gasteiger partial charge < -0.3 is 10.5 Å². The number of carbonyl (C=O) groups excluding carboxylic acids is 1. The molecule has 1 aliphatic heterocycles. The quantitative estimate of drug-likeness (QED) is 0.820. The number of ether oxygens (including phenoxy) is 1. The van der Waals surface area contributed by atoms with Crippen LogP contribution in [0.3, 0.4) is 0 Å². The van der Waals surface area contributed by atoms with Crippen LogP contribution >= 0.6 is 11.6 Å². The Morgan fingerprint density at radius 2 is 2.35 bits per heavy atom. The fraction of sp³-hybridized carbons (Fsp3) is 0.545. The van der Waals surface area contributed by atoms with E-state index in [9.17, 15) is 4.79 Å². The number of hydrogen-bond donors (Lipinski definition) is 1. The van der Waals surface area contributed by atoms with Crippen LogP contribution in [0.4, 0.5) is 0 Å². The van der Waals surface area contributed by atoms with Gasteiger partial charge in [0.2, 0.25) is 5.28 Å². The van der Waals surface area contributed by atoms with Gasteiger partial charge in [-0.05, 0) is 24.4 Å². The van der Waals surface area contributed by atoms with Gasteiger partial charge in [0.1, 0.15) is 5.69 Å². The molecule has 2 N–H and O–H groups in total. The predicted octanol–water partition coefficient (Wildman–Crippen LogP) is 1.20. The number of nitrogens with two attached hydrogens (primary N) is 1. The van der Waals surface area contributed by atoms with E-state index < -0.39 is 5.91 Å². The first kappa shape index (κ1) is 12.3. The van der Waals surface area contributed by atoms with Gasteiger partial charge in [-0.3, -0.25) is 4.79 Å². The summed E-state index contributed by atoms with van der Waals surface area (Å²) in [5.41, 5.74) is 6.41. The summed E-state index contributed by atoms with van der Waals surface area (Å²) in [5, 5.41) is 0.0424. The molecule has 2 rings (SSSR count). The summed E-state index contributed by atoms with van der Waals surface area (Å²) in [6.45, 7) is 3.66. The molecule has 1 aromatic rings. The molecule has 1 fully saturated rings. The number of nitrogens with zero attached hydrogens (tertiary/aromatic N) is 2. The van der Waals surface area contributed by atoms with Crippen molar-refractivity contribution in [1.29, 1.82) is 0 Å². The summed E-state index contributed by atoms with van der Waals surface area (Å²) in [6.07, 6.45) is 3.19. The molecule has 0 aliphatic carbocycles. The highest BCUT2D eigenvalue weighted by atomic mass is 35.5. The molecule has 92 valence electrons. The van der Waals surface area contributed by atoms with Crippen LogP contribution in [0.25, 0.3) is 0 Å². The van der Waals surface area contributed by atoms with Gasteiger partial charge in [-0.2, -0.15) is 0 Å². The number of aryl methyl sites for hydroxylation is 1. The number of amides is 1. The third kappa shape index (κ3) is 2.73. The first-order chi connectivity index (χ1) is 8.00. The van der Waals surface area contributed by atoms with Gasteiger partial charge in [0.05, 0.1) is 13.2 Å². The number of primary amides is 1. The minimum Gasteiger partial charge on any atom is -0.380 e. The Kier molecular flexibility index (Phi) is 3.31. The van der Waals surface area contributed by atoms with Crippen molar-refractivity contribution in [3.63, 3.8) is 0 Å². The smallest absolute Gasteiger partial charge is 0.267 e. The fourth-order valence-electron chi connectivity index (χ4n) is 1.81. The zero-order chi connectivity index (χ0) is 12.5. The first-order valence-electron chi connectivity index (χ1n) is 5.39. The number of halogens is 1. The van der Waals surface area contributed by atoms with Crippen LogP contribution in [0.5, 0.6) is 0 Å². The summed E-state index contributed by atoms with van der Waals surface area (Å²) in [5.74, 6) is -0.570. The summed E-state index contributed by atoms with van der Waals surface area (Å²) < 4.78 is 5.18. The summed E-state index contributed by atoms with van der Waals surface area (Å²) >= 11 is 5.64. The van der Waals surface area contributed by atoms with E-state index in [-0.39, 0.29) is 16.4 Å². The van der Waals surface area contributed by atoms with Gasteiger partial charge in [0, 0.05) is 17.2 Å². The number of hydrogen-bond acceptors (Lipinski definition) is 4. The predicted molar refractivity (Wildman–Crippen MR) is 62.8 cm³/mol. The molecule has 2 heterocycles. The molecule has 1 saturated heterocycles. The van der Waals surface area contributed by atoms with Crippen molar-refractivity contribution in [2.45, 2.75) is 19.8 Å². The molecule has 1 amide bonds. The molecule has 1 aromatic heterocycles. The molecule has 0 atom stereocenters. The van der Waals surface area contributed by atoms with Gasteiger partial charge in [0.25, 0.3) is 5.91 Å². The van der Waals surface area contributed by atoms with Crippen LogP contribution < -0.4 is 5.73 Å². The highest BCUT2D eigenvalue weighted by Crippen LogP contribution is 2.32. The Hall–Kier alpha value is -1.20. The zero-order valence-corrected chi connectivity index (χ0v) is 10.3. The normalized spacial score (nSPS) is 17.5. The van der Waals surface area contributed by atoms with Crippen molar-refractivity contribution in [1.82, 2.24) is 9.97 Å². The van der Waals surface area contributed by atoms with E-state index in [0.717, 1.165) is 25.2 Å². The second-order valence-electron chi connectivity index (χ2n) is 4.68. The van der Waals surface area contributed by atoms with Gasteiger partial charge in [-0.1, -0.05) is 6.92 Å². The SMILES string of the molecule is CC1(CCc2cnc(Cl)nc2C(N)=O)COC1. The highest BCUT2D eigenvalue weighted by Gasteiger charge is 2.33. The topological polar surface area (TPSA) is 78.1 Å². The minimum atomic E-state index is -0.570. The van der Waals surface area contributed by atoms with E-state index in [1.807, 2.05) is 0 Å². The third-order valence-electron chi connectivity index (χ3n) is 2.97. The molecule has 0 saturated carbocycles. The lowest BCUT2D eigenvalue weighted by Crippen LogP contribution is -2.40.